The van der Waals surface area contributed by atoms with Crippen molar-refractivity contribution in [1.29, 1.82) is 0 Å². The van der Waals surface area contributed by atoms with Crippen LogP contribution in [-0.2, 0) is 22.4 Å². The van der Waals surface area contributed by atoms with E-state index in [4.69, 9.17) is 0 Å². The highest BCUT2D eigenvalue weighted by molar-refractivity contribution is 8.01. The summed E-state index contributed by atoms with van der Waals surface area (Å²) in [6, 6.07) is 13.8. The molecule has 27 heavy (non-hydrogen) atoms. The summed E-state index contributed by atoms with van der Waals surface area (Å²) in [5, 5.41) is 5.61. The molecule has 0 saturated heterocycles. The average Bonchev–Trinajstić information content (AvgIpc) is 2.67. The first-order valence-corrected chi connectivity index (χ1v) is 10.4. The molecule has 5 heteroatoms. The Labute approximate surface area is 166 Å². The summed E-state index contributed by atoms with van der Waals surface area (Å²) < 4.78 is 0. The van der Waals surface area contributed by atoms with Gasteiger partial charge in [-0.1, -0.05) is 49.7 Å². The van der Waals surface area contributed by atoms with Crippen molar-refractivity contribution in [3.05, 3.63) is 59.2 Å². The van der Waals surface area contributed by atoms with Gasteiger partial charge in [-0.25, -0.2) is 0 Å². The molecule has 2 aromatic rings. The summed E-state index contributed by atoms with van der Waals surface area (Å²) >= 11 is 1.34. The lowest BCUT2D eigenvalue weighted by molar-refractivity contribution is -0.115. The van der Waals surface area contributed by atoms with Crippen LogP contribution < -0.4 is 10.6 Å². The Morgan fingerprint density at radius 2 is 1.56 bits per heavy atom. The van der Waals surface area contributed by atoms with E-state index in [2.05, 4.69) is 24.5 Å². The van der Waals surface area contributed by atoms with Crippen LogP contribution in [0.5, 0.6) is 0 Å². The van der Waals surface area contributed by atoms with Crippen molar-refractivity contribution >= 4 is 35.0 Å². The van der Waals surface area contributed by atoms with Crippen molar-refractivity contribution < 1.29 is 9.59 Å². The largest absolute Gasteiger partial charge is 0.325 e. The summed E-state index contributed by atoms with van der Waals surface area (Å²) in [4.78, 5) is 24.7. The van der Waals surface area contributed by atoms with Gasteiger partial charge in [0.25, 0.3) is 0 Å². The molecule has 0 bridgehead atoms. The van der Waals surface area contributed by atoms with Crippen LogP contribution in [0.4, 0.5) is 11.4 Å². The Bertz CT molecular complexity index is 765. The lowest BCUT2D eigenvalue weighted by Gasteiger charge is -2.17. The minimum atomic E-state index is -0.316. The summed E-state index contributed by atoms with van der Waals surface area (Å²) in [6.07, 6.45) is 1.73. The van der Waals surface area contributed by atoms with Gasteiger partial charge in [0.2, 0.25) is 11.8 Å². The van der Waals surface area contributed by atoms with Crippen LogP contribution in [0.2, 0.25) is 0 Å². The monoisotopic (exact) mass is 384 g/mol. The van der Waals surface area contributed by atoms with Crippen molar-refractivity contribution in [1.82, 2.24) is 0 Å². The first-order chi connectivity index (χ1) is 12.9. The number of para-hydroxylation sites is 1. The minimum Gasteiger partial charge on any atom is -0.325 e. The third-order valence-electron chi connectivity index (χ3n) is 4.42. The zero-order valence-corrected chi connectivity index (χ0v) is 17.3. The number of nitrogens with one attached hydrogen (secondary N) is 2. The first kappa shape index (κ1) is 21.0. The Morgan fingerprint density at radius 1 is 0.963 bits per heavy atom. The van der Waals surface area contributed by atoms with Gasteiger partial charge in [0, 0.05) is 11.4 Å². The van der Waals surface area contributed by atoms with Gasteiger partial charge in [-0.05, 0) is 49.9 Å². The summed E-state index contributed by atoms with van der Waals surface area (Å²) in [6.45, 7) is 8.00. The second-order valence-corrected chi connectivity index (χ2v) is 7.84. The van der Waals surface area contributed by atoms with E-state index in [0.717, 1.165) is 40.9 Å². The van der Waals surface area contributed by atoms with Gasteiger partial charge in [-0.2, -0.15) is 0 Å². The molecule has 1 atom stereocenters. The predicted octanol–water partition coefficient (Wildman–Crippen LogP) is 4.82. The molecule has 0 heterocycles. The Balaban J connectivity index is 1.90. The summed E-state index contributed by atoms with van der Waals surface area (Å²) in [5.74, 6) is 0.0591. The normalized spacial score (nSPS) is 11.7. The molecule has 0 radical (unpaired) electrons. The van der Waals surface area contributed by atoms with Crippen molar-refractivity contribution in [2.45, 2.75) is 45.8 Å². The van der Waals surface area contributed by atoms with Crippen molar-refractivity contribution in [2.24, 2.45) is 0 Å². The van der Waals surface area contributed by atoms with Crippen molar-refractivity contribution in [3.8, 4) is 0 Å². The predicted molar refractivity (Wildman–Crippen MR) is 116 cm³/mol. The Kier molecular flexibility index (Phi) is 7.92. The van der Waals surface area contributed by atoms with Gasteiger partial charge in [-0.3, -0.25) is 9.59 Å². The van der Waals surface area contributed by atoms with Gasteiger partial charge >= 0.3 is 0 Å². The molecular weight excluding hydrogens is 356 g/mol. The van der Waals surface area contributed by atoms with Gasteiger partial charge in [0.05, 0.1) is 11.0 Å². The molecular formula is C22H28N2O2S. The van der Waals surface area contributed by atoms with E-state index in [0.29, 0.717) is 0 Å². The number of thioether (sulfide) groups is 1. The molecule has 0 aliphatic carbocycles. The summed E-state index contributed by atoms with van der Waals surface area (Å²) in [7, 11) is 0. The van der Waals surface area contributed by atoms with Gasteiger partial charge in [0.1, 0.15) is 0 Å². The minimum absolute atomic E-state index is 0.0706. The molecule has 2 aromatic carbocycles. The quantitative estimate of drug-likeness (QED) is 0.686. The van der Waals surface area contributed by atoms with Crippen LogP contribution in [0.1, 0.15) is 37.5 Å². The zero-order chi connectivity index (χ0) is 19.8. The van der Waals surface area contributed by atoms with Crippen LogP contribution >= 0.6 is 11.8 Å². The number of anilines is 2. The second kappa shape index (κ2) is 10.2. The molecule has 0 aliphatic rings. The summed E-state index contributed by atoms with van der Waals surface area (Å²) in [5.41, 5.74) is 5.11. The fourth-order valence-electron chi connectivity index (χ4n) is 2.74. The molecule has 0 aliphatic heterocycles. The highest BCUT2D eigenvalue weighted by Gasteiger charge is 2.18. The molecule has 144 valence electrons. The number of rotatable bonds is 8. The van der Waals surface area contributed by atoms with Crippen LogP contribution in [-0.4, -0.2) is 22.8 Å². The third kappa shape index (κ3) is 6.14. The number of amides is 2. The van der Waals surface area contributed by atoms with Crippen molar-refractivity contribution in [3.63, 3.8) is 0 Å². The lowest BCUT2D eigenvalue weighted by Crippen LogP contribution is -2.26. The number of carbonyl (C=O) groups is 2. The van der Waals surface area contributed by atoms with E-state index in [1.54, 1.807) is 0 Å². The smallest absolute Gasteiger partial charge is 0.237 e. The Hall–Kier alpha value is -2.27. The van der Waals surface area contributed by atoms with Crippen LogP contribution in [0.3, 0.4) is 0 Å². The maximum Gasteiger partial charge on any atom is 0.237 e. The first-order valence-electron chi connectivity index (χ1n) is 9.34. The highest BCUT2D eigenvalue weighted by atomic mass is 32.2. The lowest BCUT2D eigenvalue weighted by atomic mass is 10.0. The molecule has 4 nitrogen and oxygen atoms in total. The Morgan fingerprint density at radius 3 is 2.11 bits per heavy atom. The molecule has 0 fully saturated rings. The maximum atomic E-state index is 12.6. The van der Waals surface area contributed by atoms with Crippen LogP contribution in [0, 0.1) is 6.92 Å². The molecule has 0 unspecified atom stereocenters. The number of hydrogen-bond donors (Lipinski definition) is 2. The molecule has 2 amide bonds. The molecule has 2 N–H and O–H groups in total. The maximum absolute atomic E-state index is 12.6. The van der Waals surface area contributed by atoms with Gasteiger partial charge in [-0.15, -0.1) is 11.8 Å². The molecule has 2 rings (SSSR count). The fourth-order valence-corrected chi connectivity index (χ4v) is 3.42. The molecule has 0 spiro atoms. The number of hydrogen-bond acceptors (Lipinski definition) is 3. The third-order valence-corrected chi connectivity index (χ3v) is 5.56. The standard InChI is InChI=1S/C22H28N2O2S/c1-5-17-8-7-9-18(6-2)21(17)24-22(26)16(4)27-14-20(25)23-19-12-10-15(3)11-13-19/h7-13,16H,5-6,14H2,1-4H3,(H,23,25)(H,24,26)/t16-/m1/s1. The van der Waals surface area contributed by atoms with E-state index in [1.807, 2.05) is 56.3 Å². The van der Waals surface area contributed by atoms with E-state index in [-0.39, 0.29) is 22.8 Å². The van der Waals surface area contributed by atoms with E-state index in [9.17, 15) is 9.59 Å². The highest BCUT2D eigenvalue weighted by Crippen LogP contribution is 2.24. The SMILES string of the molecule is CCc1cccc(CC)c1NC(=O)[C@@H](C)SCC(=O)Nc1ccc(C)cc1. The second-order valence-electron chi connectivity index (χ2n) is 6.52. The van der Waals surface area contributed by atoms with Crippen LogP contribution in [0.25, 0.3) is 0 Å². The van der Waals surface area contributed by atoms with Gasteiger partial charge < -0.3 is 10.6 Å². The average molecular weight is 385 g/mol. The van der Waals surface area contributed by atoms with Crippen molar-refractivity contribution in [2.75, 3.05) is 16.4 Å². The molecule has 0 saturated carbocycles. The van der Waals surface area contributed by atoms with Gasteiger partial charge in [0.15, 0.2) is 0 Å². The van der Waals surface area contributed by atoms with E-state index >= 15 is 0 Å². The zero-order valence-electron chi connectivity index (χ0n) is 16.5. The van der Waals surface area contributed by atoms with Crippen LogP contribution in [0.15, 0.2) is 42.5 Å². The topological polar surface area (TPSA) is 58.2 Å². The number of benzene rings is 2. The van der Waals surface area contributed by atoms with E-state index < -0.39 is 0 Å². The number of carbonyl (C=O) groups excluding carboxylic acids is 2. The van der Waals surface area contributed by atoms with E-state index in [1.165, 1.54) is 11.8 Å². The molecule has 0 aromatic heterocycles. The number of aryl methyl sites for hydroxylation is 3. The fraction of sp³-hybridized carbons (Fsp3) is 0.364.